The standard InChI is InChI=1S/C30H41F2N5O4S/c1-6-12-30(16-20(3)19(2)14-21-11-13-41-18-21)29(4,36-28(33)37(5)42(30,39)40)24-15-23(8-9-25(24)32)35-27(38)26-10-7-22(31)17-34-26/h7-10,15,17,19-21H,6,11-14,16,18H2,1-5H3,(H2,33,36)(H,35,38). The van der Waals surface area contributed by atoms with Crippen LogP contribution in [-0.2, 0) is 20.3 Å². The Hall–Kier alpha value is -3.12. The minimum Gasteiger partial charge on any atom is -0.381 e. The van der Waals surface area contributed by atoms with E-state index in [4.69, 9.17) is 15.5 Å². The van der Waals surface area contributed by atoms with E-state index in [0.29, 0.717) is 18.9 Å². The van der Waals surface area contributed by atoms with Crippen molar-refractivity contribution >= 4 is 27.6 Å². The molecule has 2 aliphatic rings. The topological polar surface area (TPSA) is 127 Å². The van der Waals surface area contributed by atoms with E-state index in [2.05, 4.69) is 17.2 Å². The number of aliphatic imine (C=N–C) groups is 1. The van der Waals surface area contributed by atoms with Gasteiger partial charge in [-0.1, -0.05) is 27.2 Å². The molecule has 230 valence electrons. The van der Waals surface area contributed by atoms with E-state index in [1.165, 1.54) is 31.3 Å². The molecule has 0 spiro atoms. The first-order valence-corrected chi connectivity index (χ1v) is 15.8. The number of anilines is 1. The molecule has 5 unspecified atom stereocenters. The van der Waals surface area contributed by atoms with Gasteiger partial charge in [-0.3, -0.25) is 4.79 Å². The largest absolute Gasteiger partial charge is 0.381 e. The number of pyridine rings is 1. The lowest BCUT2D eigenvalue weighted by Gasteiger charge is -2.52. The minimum absolute atomic E-state index is 0.00415. The maximum absolute atomic E-state index is 15.8. The molecule has 2 aromatic rings. The zero-order valence-corrected chi connectivity index (χ0v) is 25.7. The highest BCUT2D eigenvalue weighted by Crippen LogP contribution is 2.53. The number of nitrogens with two attached hydrogens (primary N) is 1. The summed E-state index contributed by atoms with van der Waals surface area (Å²) in [6.45, 7) is 9.11. The molecule has 1 saturated heterocycles. The summed E-state index contributed by atoms with van der Waals surface area (Å²) in [7, 11) is -2.75. The van der Waals surface area contributed by atoms with Crippen LogP contribution in [0.5, 0.6) is 0 Å². The fourth-order valence-corrected chi connectivity index (χ4v) is 8.86. The summed E-state index contributed by atoms with van der Waals surface area (Å²) in [6.07, 6.45) is 3.75. The zero-order valence-electron chi connectivity index (χ0n) is 24.9. The van der Waals surface area contributed by atoms with Gasteiger partial charge >= 0.3 is 0 Å². The number of halogens is 2. The lowest BCUT2D eigenvalue weighted by atomic mass is 9.70. The molecule has 0 aliphatic carbocycles. The minimum atomic E-state index is -4.13. The van der Waals surface area contributed by atoms with Crippen molar-refractivity contribution in [1.29, 1.82) is 0 Å². The summed E-state index contributed by atoms with van der Waals surface area (Å²) in [6, 6.07) is 6.30. The quantitative estimate of drug-likeness (QED) is 0.391. The molecule has 4 rings (SSSR count). The van der Waals surface area contributed by atoms with Crippen molar-refractivity contribution in [3.63, 3.8) is 0 Å². The van der Waals surface area contributed by atoms with E-state index in [0.717, 1.165) is 36.0 Å². The highest BCUT2D eigenvalue weighted by atomic mass is 32.2. The van der Waals surface area contributed by atoms with Crippen molar-refractivity contribution in [3.8, 4) is 0 Å². The van der Waals surface area contributed by atoms with E-state index >= 15 is 4.39 Å². The van der Waals surface area contributed by atoms with Gasteiger partial charge in [0, 0.05) is 31.5 Å². The maximum atomic E-state index is 15.8. The van der Waals surface area contributed by atoms with E-state index in [1.54, 1.807) is 6.92 Å². The fourth-order valence-electron chi connectivity index (χ4n) is 6.46. The van der Waals surface area contributed by atoms with Crippen LogP contribution >= 0.6 is 0 Å². The van der Waals surface area contributed by atoms with Gasteiger partial charge in [-0.15, -0.1) is 0 Å². The van der Waals surface area contributed by atoms with Crippen LogP contribution in [0.15, 0.2) is 41.5 Å². The van der Waals surface area contributed by atoms with Gasteiger partial charge in [0.2, 0.25) is 16.0 Å². The van der Waals surface area contributed by atoms with Crippen LogP contribution in [0.3, 0.4) is 0 Å². The number of benzene rings is 1. The van der Waals surface area contributed by atoms with Crippen molar-refractivity contribution in [2.45, 2.75) is 70.1 Å². The van der Waals surface area contributed by atoms with Crippen LogP contribution < -0.4 is 11.1 Å². The monoisotopic (exact) mass is 605 g/mol. The van der Waals surface area contributed by atoms with Crippen LogP contribution in [-0.4, -0.2) is 54.6 Å². The van der Waals surface area contributed by atoms with E-state index in [-0.39, 0.29) is 47.6 Å². The molecule has 1 amide bonds. The summed E-state index contributed by atoms with van der Waals surface area (Å²) in [5.74, 6) is -1.58. The van der Waals surface area contributed by atoms with Crippen LogP contribution in [0.25, 0.3) is 0 Å². The Bertz CT molecular complexity index is 1430. The van der Waals surface area contributed by atoms with Gasteiger partial charge in [0.1, 0.15) is 27.6 Å². The predicted octanol–water partition coefficient (Wildman–Crippen LogP) is 5.05. The summed E-state index contributed by atoms with van der Waals surface area (Å²) in [5.41, 5.74) is 4.75. The molecular formula is C30H41F2N5O4S. The number of guanidine groups is 1. The van der Waals surface area contributed by atoms with Gasteiger partial charge < -0.3 is 15.8 Å². The smallest absolute Gasteiger partial charge is 0.274 e. The first-order chi connectivity index (χ1) is 19.8. The molecule has 12 heteroatoms. The van der Waals surface area contributed by atoms with Gasteiger partial charge in [-0.05, 0) is 80.7 Å². The number of hydrogen-bond acceptors (Lipinski definition) is 7. The molecule has 1 aromatic carbocycles. The van der Waals surface area contributed by atoms with Gasteiger partial charge in [-0.2, -0.15) is 0 Å². The maximum Gasteiger partial charge on any atom is 0.274 e. The second-order valence-corrected chi connectivity index (χ2v) is 14.2. The molecule has 9 nitrogen and oxygen atoms in total. The molecule has 0 radical (unpaired) electrons. The molecule has 1 fully saturated rings. The second kappa shape index (κ2) is 12.2. The predicted molar refractivity (Wildman–Crippen MR) is 158 cm³/mol. The lowest BCUT2D eigenvalue weighted by molar-refractivity contribution is 0.102. The Labute approximate surface area is 247 Å². The van der Waals surface area contributed by atoms with Crippen LogP contribution in [0.2, 0.25) is 0 Å². The van der Waals surface area contributed by atoms with Crippen LogP contribution in [0.1, 0.15) is 75.9 Å². The third-order valence-electron chi connectivity index (χ3n) is 9.12. The number of ether oxygens (including phenoxy) is 1. The second-order valence-electron chi connectivity index (χ2n) is 11.9. The number of carbonyl (C=O) groups is 1. The molecule has 5 atom stereocenters. The van der Waals surface area contributed by atoms with Crippen molar-refractivity contribution in [3.05, 3.63) is 59.4 Å². The number of hydrogen-bond donors (Lipinski definition) is 2. The first kappa shape index (κ1) is 31.8. The van der Waals surface area contributed by atoms with E-state index in [9.17, 15) is 17.6 Å². The number of nitrogens with one attached hydrogen (secondary N) is 1. The number of sulfonamides is 1. The highest BCUT2D eigenvalue weighted by molar-refractivity contribution is 7.91. The summed E-state index contributed by atoms with van der Waals surface area (Å²) >= 11 is 0. The van der Waals surface area contributed by atoms with E-state index in [1.807, 2.05) is 13.8 Å². The SMILES string of the molecule is CCCC1(CC(C)C(C)CC2CCOC2)C(C)(c2cc(NC(=O)c3ccc(F)cn3)ccc2F)N=C(N)N(C)S1(=O)=O. The molecule has 3 N–H and O–H groups in total. The molecule has 3 heterocycles. The third-order valence-corrected chi connectivity index (χ3v) is 11.8. The van der Waals surface area contributed by atoms with Gasteiger partial charge in [-0.25, -0.2) is 31.5 Å². The van der Waals surface area contributed by atoms with Crippen LogP contribution in [0.4, 0.5) is 14.5 Å². The van der Waals surface area contributed by atoms with Gasteiger partial charge in [0.15, 0.2) is 0 Å². The average molecular weight is 606 g/mol. The molecule has 0 saturated carbocycles. The highest BCUT2D eigenvalue weighted by Gasteiger charge is 2.63. The number of amides is 1. The normalized spacial score (nSPS) is 26.9. The Morgan fingerprint density at radius 2 is 1.98 bits per heavy atom. The van der Waals surface area contributed by atoms with Gasteiger partial charge in [0.25, 0.3) is 5.91 Å². The Balaban J connectivity index is 1.79. The van der Waals surface area contributed by atoms with E-state index < -0.39 is 37.9 Å². The molecule has 2 aliphatic heterocycles. The number of carbonyl (C=O) groups excluding carboxylic acids is 1. The Morgan fingerprint density at radius 3 is 2.60 bits per heavy atom. The zero-order chi connectivity index (χ0) is 30.9. The van der Waals surface area contributed by atoms with Crippen molar-refractivity contribution in [2.75, 3.05) is 25.6 Å². The molecule has 42 heavy (non-hydrogen) atoms. The van der Waals surface area contributed by atoms with Gasteiger partial charge in [0.05, 0.1) is 6.20 Å². The fraction of sp³-hybridized carbons (Fsp3) is 0.567. The first-order valence-electron chi connectivity index (χ1n) is 14.4. The molecule has 1 aromatic heterocycles. The number of rotatable bonds is 10. The summed E-state index contributed by atoms with van der Waals surface area (Å²) in [5, 5.41) is 2.66. The summed E-state index contributed by atoms with van der Waals surface area (Å²) in [4.78, 5) is 21.3. The van der Waals surface area contributed by atoms with Crippen molar-refractivity contribution in [2.24, 2.45) is 28.5 Å². The number of nitrogens with zero attached hydrogens (tertiary/aromatic N) is 3. The molecular weight excluding hydrogens is 564 g/mol. The van der Waals surface area contributed by atoms with Crippen molar-refractivity contribution < 1.29 is 26.7 Å². The Morgan fingerprint density at radius 1 is 1.24 bits per heavy atom. The Kier molecular flexibility index (Phi) is 9.27. The average Bonchev–Trinajstić information content (AvgIpc) is 3.45. The molecule has 0 bridgehead atoms. The van der Waals surface area contributed by atoms with Crippen LogP contribution in [0, 0.1) is 29.4 Å². The lowest BCUT2D eigenvalue weighted by Crippen LogP contribution is -2.65. The third kappa shape index (κ3) is 5.75. The number of aromatic nitrogens is 1. The summed E-state index contributed by atoms with van der Waals surface area (Å²) < 4.78 is 63.0. The van der Waals surface area contributed by atoms with Crippen molar-refractivity contribution in [1.82, 2.24) is 9.29 Å².